The van der Waals surface area contributed by atoms with Gasteiger partial charge < -0.3 is 14.8 Å². The average Bonchev–Trinajstić information content (AvgIpc) is 2.82. The van der Waals surface area contributed by atoms with Crippen LogP contribution in [-0.2, 0) is 16.6 Å². The van der Waals surface area contributed by atoms with Crippen LogP contribution in [0.25, 0.3) is 0 Å². The minimum absolute atomic E-state index is 0.00511. The molecule has 0 heterocycles. The maximum absolute atomic E-state index is 13.4. The minimum atomic E-state index is -3.79. The van der Waals surface area contributed by atoms with E-state index in [1.807, 2.05) is 24.3 Å². The van der Waals surface area contributed by atoms with Gasteiger partial charge in [0.25, 0.3) is 5.91 Å². The van der Waals surface area contributed by atoms with Crippen molar-refractivity contribution in [2.45, 2.75) is 26.3 Å². The number of rotatable bonds is 9. The standard InChI is InChI=1S/C26H29ClN2O5S/c1-17(2)19-8-12-21(13-9-19)28-26(30)22-14-24(33-3)25(34-4)15-23(22)29(35(5,31)32)16-18-6-10-20(27)11-7-18/h6-15,17H,16H2,1-5H3,(H,28,30). The molecule has 186 valence electrons. The monoisotopic (exact) mass is 516 g/mol. The number of carbonyl (C=O) groups excluding carboxylic acids is 1. The normalized spacial score (nSPS) is 11.3. The number of nitrogens with zero attached hydrogens (tertiary/aromatic N) is 1. The lowest BCUT2D eigenvalue weighted by Crippen LogP contribution is -2.31. The number of carbonyl (C=O) groups is 1. The minimum Gasteiger partial charge on any atom is -0.493 e. The van der Waals surface area contributed by atoms with Crippen LogP contribution >= 0.6 is 11.6 Å². The van der Waals surface area contributed by atoms with Gasteiger partial charge in [0.2, 0.25) is 10.0 Å². The Morgan fingerprint density at radius 3 is 2.06 bits per heavy atom. The second kappa shape index (κ2) is 11.0. The second-order valence-electron chi connectivity index (χ2n) is 8.35. The Bertz CT molecular complexity index is 1290. The molecule has 3 rings (SSSR count). The summed E-state index contributed by atoms with van der Waals surface area (Å²) in [5, 5.41) is 3.39. The molecule has 7 nitrogen and oxygen atoms in total. The predicted octanol–water partition coefficient (Wildman–Crippen LogP) is 5.70. The highest BCUT2D eigenvalue weighted by molar-refractivity contribution is 7.92. The van der Waals surface area contributed by atoms with Crippen molar-refractivity contribution >= 4 is 38.9 Å². The zero-order chi connectivity index (χ0) is 25.8. The summed E-state index contributed by atoms with van der Waals surface area (Å²) in [7, 11) is -0.895. The number of hydrogen-bond acceptors (Lipinski definition) is 5. The number of halogens is 1. The summed E-state index contributed by atoms with van der Waals surface area (Å²) < 4.78 is 37.7. The van der Waals surface area contributed by atoms with Crippen molar-refractivity contribution in [3.63, 3.8) is 0 Å². The molecule has 0 saturated carbocycles. The third kappa shape index (κ3) is 6.46. The average molecular weight is 517 g/mol. The molecule has 3 aromatic carbocycles. The molecule has 1 amide bonds. The maximum atomic E-state index is 13.4. The summed E-state index contributed by atoms with van der Waals surface area (Å²) in [5.41, 5.74) is 2.71. The van der Waals surface area contributed by atoms with Gasteiger partial charge in [0.15, 0.2) is 11.5 Å². The van der Waals surface area contributed by atoms with E-state index in [0.29, 0.717) is 33.7 Å². The first-order valence-corrected chi connectivity index (χ1v) is 13.2. The van der Waals surface area contributed by atoms with E-state index in [1.54, 1.807) is 24.3 Å². The molecule has 3 aromatic rings. The largest absolute Gasteiger partial charge is 0.493 e. The zero-order valence-corrected chi connectivity index (χ0v) is 21.9. The van der Waals surface area contributed by atoms with Crippen LogP contribution in [0, 0.1) is 0 Å². The SMILES string of the molecule is COc1cc(C(=O)Nc2ccc(C(C)C)cc2)c(N(Cc2ccc(Cl)cc2)S(C)(=O)=O)cc1OC. The molecule has 0 aliphatic heterocycles. The fourth-order valence-electron chi connectivity index (χ4n) is 3.54. The molecule has 0 aliphatic carbocycles. The molecule has 0 radical (unpaired) electrons. The second-order valence-corrected chi connectivity index (χ2v) is 10.7. The molecule has 0 bridgehead atoms. The first-order valence-electron chi connectivity index (χ1n) is 10.9. The van der Waals surface area contributed by atoms with E-state index in [2.05, 4.69) is 19.2 Å². The number of anilines is 2. The van der Waals surface area contributed by atoms with Gasteiger partial charge in [0.05, 0.1) is 38.3 Å². The van der Waals surface area contributed by atoms with Crippen molar-refractivity contribution in [2.24, 2.45) is 0 Å². The first kappa shape index (κ1) is 26.4. The van der Waals surface area contributed by atoms with Crippen LogP contribution < -0.4 is 19.1 Å². The number of nitrogens with one attached hydrogen (secondary N) is 1. The molecule has 0 fully saturated rings. The lowest BCUT2D eigenvalue weighted by Gasteiger charge is -2.26. The van der Waals surface area contributed by atoms with E-state index in [-0.39, 0.29) is 17.8 Å². The van der Waals surface area contributed by atoms with E-state index < -0.39 is 15.9 Å². The smallest absolute Gasteiger partial charge is 0.257 e. The van der Waals surface area contributed by atoms with Gasteiger partial charge in [-0.3, -0.25) is 9.10 Å². The summed E-state index contributed by atoms with van der Waals surface area (Å²) in [4.78, 5) is 13.4. The van der Waals surface area contributed by atoms with Gasteiger partial charge in [-0.15, -0.1) is 0 Å². The topological polar surface area (TPSA) is 84.9 Å². The molecule has 35 heavy (non-hydrogen) atoms. The van der Waals surface area contributed by atoms with Gasteiger partial charge in [-0.05, 0) is 47.4 Å². The highest BCUT2D eigenvalue weighted by Crippen LogP contribution is 2.37. The van der Waals surface area contributed by atoms with Gasteiger partial charge in [-0.1, -0.05) is 49.7 Å². The fraction of sp³-hybridized carbons (Fsp3) is 0.269. The lowest BCUT2D eigenvalue weighted by atomic mass is 10.0. The molecule has 0 aromatic heterocycles. The number of ether oxygens (including phenoxy) is 2. The van der Waals surface area contributed by atoms with Gasteiger partial charge in [0.1, 0.15) is 0 Å². The molecule has 0 atom stereocenters. The highest BCUT2D eigenvalue weighted by Gasteiger charge is 2.26. The van der Waals surface area contributed by atoms with Crippen molar-refractivity contribution < 1.29 is 22.7 Å². The third-order valence-corrected chi connectivity index (χ3v) is 6.87. The van der Waals surface area contributed by atoms with Crippen molar-refractivity contribution in [1.29, 1.82) is 0 Å². The van der Waals surface area contributed by atoms with Crippen LogP contribution in [-0.4, -0.2) is 34.8 Å². The first-order chi connectivity index (χ1) is 16.5. The van der Waals surface area contributed by atoms with Gasteiger partial charge in [0, 0.05) is 16.8 Å². The van der Waals surface area contributed by atoms with Crippen molar-refractivity contribution in [3.05, 3.63) is 82.4 Å². The molecule has 1 N–H and O–H groups in total. The van der Waals surface area contributed by atoms with Crippen molar-refractivity contribution in [2.75, 3.05) is 30.1 Å². The summed E-state index contributed by atoms with van der Waals surface area (Å²) in [5.74, 6) is 0.470. The van der Waals surface area contributed by atoms with Crippen molar-refractivity contribution in [1.82, 2.24) is 0 Å². The van der Waals surface area contributed by atoms with Crippen LogP contribution in [0.2, 0.25) is 5.02 Å². The van der Waals surface area contributed by atoms with E-state index in [4.69, 9.17) is 21.1 Å². The molecule has 0 aliphatic rings. The van der Waals surface area contributed by atoms with E-state index >= 15 is 0 Å². The molecule has 0 saturated heterocycles. The Kier molecular flexibility index (Phi) is 8.30. The Morgan fingerprint density at radius 1 is 0.971 bits per heavy atom. The Labute approximate surface area is 211 Å². The van der Waals surface area contributed by atoms with E-state index in [0.717, 1.165) is 16.1 Å². The zero-order valence-electron chi connectivity index (χ0n) is 20.3. The fourth-order valence-corrected chi connectivity index (χ4v) is 4.56. The Morgan fingerprint density at radius 2 is 1.54 bits per heavy atom. The van der Waals surface area contributed by atoms with Crippen LogP contribution in [0.1, 0.15) is 41.3 Å². The summed E-state index contributed by atoms with van der Waals surface area (Å²) in [6.45, 7) is 4.17. The molecule has 9 heteroatoms. The van der Waals surface area contributed by atoms with Crippen LogP contribution in [0.3, 0.4) is 0 Å². The summed E-state index contributed by atoms with van der Waals surface area (Å²) in [6.07, 6.45) is 1.09. The van der Waals surface area contributed by atoms with Gasteiger partial charge in [-0.25, -0.2) is 8.42 Å². The third-order valence-electron chi connectivity index (χ3n) is 5.49. The predicted molar refractivity (Wildman–Crippen MR) is 141 cm³/mol. The molecule has 0 spiro atoms. The lowest BCUT2D eigenvalue weighted by molar-refractivity contribution is 0.102. The van der Waals surface area contributed by atoms with Crippen LogP contribution in [0.15, 0.2) is 60.7 Å². The van der Waals surface area contributed by atoms with Crippen molar-refractivity contribution in [3.8, 4) is 11.5 Å². The van der Waals surface area contributed by atoms with Gasteiger partial charge in [-0.2, -0.15) is 0 Å². The molecular formula is C26H29ClN2O5S. The molecule has 0 unspecified atom stereocenters. The van der Waals surface area contributed by atoms with Gasteiger partial charge >= 0.3 is 0 Å². The van der Waals surface area contributed by atoms with E-state index in [9.17, 15) is 13.2 Å². The number of sulfonamides is 1. The molecular weight excluding hydrogens is 488 g/mol. The Hall–Kier alpha value is -3.23. The number of hydrogen-bond donors (Lipinski definition) is 1. The number of methoxy groups -OCH3 is 2. The van der Waals surface area contributed by atoms with Crippen LogP contribution in [0.5, 0.6) is 11.5 Å². The maximum Gasteiger partial charge on any atom is 0.257 e. The number of amides is 1. The van der Waals surface area contributed by atoms with Crippen LogP contribution in [0.4, 0.5) is 11.4 Å². The number of benzene rings is 3. The summed E-state index contributed by atoms with van der Waals surface area (Å²) in [6, 6.07) is 17.3. The van der Waals surface area contributed by atoms with E-state index in [1.165, 1.54) is 26.4 Å². The highest BCUT2D eigenvalue weighted by atomic mass is 35.5. The quantitative estimate of drug-likeness (QED) is 0.394. The Balaban J connectivity index is 2.08. The summed E-state index contributed by atoms with van der Waals surface area (Å²) >= 11 is 5.98.